The van der Waals surface area contributed by atoms with Crippen molar-refractivity contribution in [1.29, 1.82) is 0 Å². The highest BCUT2D eigenvalue weighted by atomic mass is 35.5. The van der Waals surface area contributed by atoms with E-state index >= 15 is 0 Å². The number of benzene rings is 1. The van der Waals surface area contributed by atoms with Crippen LogP contribution in [0.15, 0.2) is 29.3 Å². The van der Waals surface area contributed by atoms with Gasteiger partial charge in [0, 0.05) is 5.02 Å². The molecule has 6 heteroatoms. The third kappa shape index (κ3) is 3.42. The molecule has 0 fully saturated rings. The van der Waals surface area contributed by atoms with Gasteiger partial charge < -0.3 is 19.7 Å². The Labute approximate surface area is 122 Å². The monoisotopic (exact) mass is 299 g/mol. The second-order valence-corrected chi connectivity index (χ2v) is 5.38. The molecule has 0 spiro atoms. The van der Waals surface area contributed by atoms with Gasteiger partial charge in [0.05, 0.1) is 25.7 Å². The van der Waals surface area contributed by atoms with E-state index in [-0.39, 0.29) is 25.7 Å². The zero-order chi connectivity index (χ0) is 14.6. The molecule has 20 heavy (non-hydrogen) atoms. The molecule has 0 amide bonds. The fourth-order valence-electron chi connectivity index (χ4n) is 1.79. The lowest BCUT2D eigenvalue weighted by molar-refractivity contribution is 0.0963. The van der Waals surface area contributed by atoms with Crippen molar-refractivity contribution in [3.8, 4) is 5.75 Å². The number of aliphatic hydroxyl groups excluding tert-OH is 2. The van der Waals surface area contributed by atoms with Crippen LogP contribution in [0.1, 0.15) is 6.92 Å². The summed E-state index contributed by atoms with van der Waals surface area (Å²) in [5.74, 6) is 1.16. The van der Waals surface area contributed by atoms with Crippen molar-refractivity contribution < 1.29 is 19.7 Å². The van der Waals surface area contributed by atoms with E-state index in [0.29, 0.717) is 17.5 Å². The normalized spacial score (nSPS) is 18.3. The van der Waals surface area contributed by atoms with Crippen molar-refractivity contribution in [1.82, 2.24) is 0 Å². The van der Waals surface area contributed by atoms with Gasteiger partial charge in [-0.1, -0.05) is 18.5 Å². The molecular formula is C14H18ClNO4. The van der Waals surface area contributed by atoms with E-state index in [0.717, 1.165) is 5.75 Å². The smallest absolute Gasteiger partial charge is 0.190 e. The lowest BCUT2D eigenvalue weighted by Crippen LogP contribution is -2.37. The Balaban J connectivity index is 1.92. The summed E-state index contributed by atoms with van der Waals surface area (Å²) >= 11 is 5.80. The highest BCUT2D eigenvalue weighted by Crippen LogP contribution is 2.22. The maximum atomic E-state index is 9.26. The predicted molar refractivity (Wildman–Crippen MR) is 76.4 cm³/mol. The molecule has 1 atom stereocenters. The topological polar surface area (TPSA) is 71.3 Å². The highest BCUT2D eigenvalue weighted by Gasteiger charge is 2.37. The molecule has 1 unspecified atom stereocenters. The second kappa shape index (κ2) is 6.43. The Morgan fingerprint density at radius 3 is 2.55 bits per heavy atom. The van der Waals surface area contributed by atoms with Gasteiger partial charge in [-0.15, -0.1) is 0 Å². The molecule has 5 nitrogen and oxygen atoms in total. The largest absolute Gasteiger partial charge is 0.493 e. The van der Waals surface area contributed by atoms with Crippen LogP contribution in [0.25, 0.3) is 0 Å². The molecule has 0 radical (unpaired) electrons. The molecule has 110 valence electrons. The minimum atomic E-state index is -0.913. The first kappa shape index (κ1) is 15.1. The Hall–Kier alpha value is -1.30. The van der Waals surface area contributed by atoms with Crippen molar-refractivity contribution in [3.63, 3.8) is 0 Å². The first-order valence-corrected chi connectivity index (χ1v) is 6.79. The Kier molecular flexibility index (Phi) is 4.86. The van der Waals surface area contributed by atoms with Gasteiger partial charge in [-0.3, -0.25) is 0 Å². The molecule has 1 aliphatic rings. The van der Waals surface area contributed by atoms with Crippen LogP contribution < -0.4 is 4.74 Å². The first-order valence-electron chi connectivity index (χ1n) is 6.41. The number of aliphatic hydroxyl groups is 2. The van der Waals surface area contributed by atoms with E-state index in [9.17, 15) is 10.2 Å². The summed E-state index contributed by atoms with van der Waals surface area (Å²) < 4.78 is 11.1. The zero-order valence-corrected chi connectivity index (χ0v) is 12.0. The fourth-order valence-corrected chi connectivity index (χ4v) is 1.92. The molecule has 1 aromatic carbocycles. The predicted octanol–water partition coefficient (Wildman–Crippen LogP) is 1.51. The second-order valence-electron chi connectivity index (χ2n) is 4.95. The van der Waals surface area contributed by atoms with E-state index in [1.807, 2.05) is 6.92 Å². The number of halogens is 1. The number of rotatable bonds is 6. The van der Waals surface area contributed by atoms with Gasteiger partial charge in [0.15, 0.2) is 5.90 Å². The Morgan fingerprint density at radius 1 is 1.35 bits per heavy atom. The Morgan fingerprint density at radius 2 is 2.00 bits per heavy atom. The van der Waals surface area contributed by atoms with Crippen LogP contribution in [-0.2, 0) is 4.74 Å². The zero-order valence-electron chi connectivity index (χ0n) is 11.3. The van der Waals surface area contributed by atoms with Gasteiger partial charge in [0.2, 0.25) is 0 Å². The van der Waals surface area contributed by atoms with Gasteiger partial charge in [-0.25, -0.2) is 4.99 Å². The molecule has 1 aliphatic heterocycles. The highest BCUT2D eigenvalue weighted by molar-refractivity contribution is 6.30. The number of hydrogen-bond donors (Lipinski definition) is 2. The third-order valence-corrected chi connectivity index (χ3v) is 3.41. The van der Waals surface area contributed by atoms with Crippen LogP contribution >= 0.6 is 11.6 Å². The van der Waals surface area contributed by atoms with Crippen molar-refractivity contribution in [3.05, 3.63) is 29.3 Å². The molecule has 2 N–H and O–H groups in total. The van der Waals surface area contributed by atoms with E-state index < -0.39 is 5.54 Å². The molecule has 1 heterocycles. The average Bonchev–Trinajstić information content (AvgIpc) is 2.91. The maximum Gasteiger partial charge on any atom is 0.190 e. The quantitative estimate of drug-likeness (QED) is 0.835. The Bertz CT molecular complexity index is 471. The van der Waals surface area contributed by atoms with Crippen LogP contribution in [0.3, 0.4) is 0 Å². The summed E-state index contributed by atoms with van der Waals surface area (Å²) in [6.07, 6.45) is 0. The van der Waals surface area contributed by atoms with Gasteiger partial charge in [-0.05, 0) is 24.3 Å². The average molecular weight is 300 g/mol. The van der Waals surface area contributed by atoms with Crippen LogP contribution in [0.2, 0.25) is 5.02 Å². The van der Waals surface area contributed by atoms with Crippen molar-refractivity contribution >= 4 is 17.5 Å². The summed E-state index contributed by atoms with van der Waals surface area (Å²) in [5.41, 5.74) is -0.913. The molecule has 0 aromatic heterocycles. The lowest BCUT2D eigenvalue weighted by Gasteiger charge is -2.16. The van der Waals surface area contributed by atoms with Gasteiger partial charge in [0.25, 0.3) is 0 Å². The molecule has 0 bridgehead atoms. The number of hydrogen-bond acceptors (Lipinski definition) is 5. The fraction of sp³-hybridized carbons (Fsp3) is 0.500. The summed E-state index contributed by atoms with van der Waals surface area (Å²) in [4.78, 5) is 4.28. The van der Waals surface area contributed by atoms with Crippen LogP contribution in [-0.4, -0.2) is 48.1 Å². The standard InChI is InChI=1S/C14H18ClNO4/c1-10(6-19-12-4-2-11(15)3-5-12)13-16-14(7-17,8-18)9-20-13/h2-5,10,17-18H,6-9H2,1H3. The van der Waals surface area contributed by atoms with E-state index in [1.54, 1.807) is 24.3 Å². The van der Waals surface area contributed by atoms with E-state index in [4.69, 9.17) is 21.1 Å². The SMILES string of the molecule is CC(COc1ccc(Cl)cc1)C1=NC(CO)(CO)CO1. The molecule has 0 saturated carbocycles. The molecular weight excluding hydrogens is 282 g/mol. The summed E-state index contributed by atoms with van der Waals surface area (Å²) in [7, 11) is 0. The van der Waals surface area contributed by atoms with Gasteiger partial charge >= 0.3 is 0 Å². The molecule has 2 rings (SSSR count). The number of nitrogens with zero attached hydrogens (tertiary/aromatic N) is 1. The maximum absolute atomic E-state index is 9.26. The van der Waals surface area contributed by atoms with E-state index in [2.05, 4.69) is 4.99 Å². The third-order valence-electron chi connectivity index (χ3n) is 3.16. The molecule has 1 aromatic rings. The van der Waals surface area contributed by atoms with Gasteiger partial charge in [0.1, 0.15) is 17.9 Å². The van der Waals surface area contributed by atoms with Crippen molar-refractivity contribution in [2.45, 2.75) is 12.5 Å². The molecule has 0 aliphatic carbocycles. The summed E-state index contributed by atoms with van der Waals surface area (Å²) in [6.45, 7) is 2.03. The van der Waals surface area contributed by atoms with Crippen molar-refractivity contribution in [2.24, 2.45) is 10.9 Å². The lowest BCUT2D eigenvalue weighted by atomic mass is 10.1. The summed E-state index contributed by atoms with van der Waals surface area (Å²) in [6, 6.07) is 7.09. The summed E-state index contributed by atoms with van der Waals surface area (Å²) in [5, 5.41) is 19.2. The minimum Gasteiger partial charge on any atom is -0.493 e. The minimum absolute atomic E-state index is 0.0642. The van der Waals surface area contributed by atoms with Crippen LogP contribution in [0.5, 0.6) is 5.75 Å². The van der Waals surface area contributed by atoms with Crippen molar-refractivity contribution in [2.75, 3.05) is 26.4 Å². The van der Waals surface area contributed by atoms with Crippen LogP contribution in [0, 0.1) is 5.92 Å². The van der Waals surface area contributed by atoms with E-state index in [1.165, 1.54) is 0 Å². The molecule has 0 saturated heterocycles. The van der Waals surface area contributed by atoms with Gasteiger partial charge in [-0.2, -0.15) is 0 Å². The van der Waals surface area contributed by atoms with Crippen LogP contribution in [0.4, 0.5) is 0 Å². The number of aliphatic imine (C=N–C) groups is 1. The first-order chi connectivity index (χ1) is 9.58. The number of ether oxygens (including phenoxy) is 2.